The molecule has 0 aliphatic rings. The van der Waals surface area contributed by atoms with E-state index in [9.17, 15) is 14.7 Å². The van der Waals surface area contributed by atoms with E-state index >= 15 is 0 Å². The van der Waals surface area contributed by atoms with E-state index in [1.54, 1.807) is 31.3 Å². The highest BCUT2D eigenvalue weighted by Gasteiger charge is 2.32. The van der Waals surface area contributed by atoms with Gasteiger partial charge in [0.1, 0.15) is 11.5 Å². The van der Waals surface area contributed by atoms with Gasteiger partial charge in [-0.2, -0.15) is 0 Å². The number of carbonyl (C=O) groups excluding carboxylic acids is 1. The van der Waals surface area contributed by atoms with Gasteiger partial charge in [-0.15, -0.1) is 0 Å². The third kappa shape index (κ3) is 6.47. The van der Waals surface area contributed by atoms with Gasteiger partial charge in [-0.25, -0.2) is 0 Å². The number of hydrogen-bond acceptors (Lipinski definition) is 4. The van der Waals surface area contributed by atoms with Crippen LogP contribution in [0.3, 0.4) is 0 Å². The van der Waals surface area contributed by atoms with Gasteiger partial charge in [0, 0.05) is 23.9 Å². The van der Waals surface area contributed by atoms with Crippen molar-refractivity contribution in [1.29, 1.82) is 0 Å². The van der Waals surface area contributed by atoms with Gasteiger partial charge in [0.15, 0.2) is 0 Å². The summed E-state index contributed by atoms with van der Waals surface area (Å²) in [5, 5.41) is 10.4. The molecule has 1 unspecified atom stereocenters. The summed E-state index contributed by atoms with van der Waals surface area (Å²) >= 11 is 0. The van der Waals surface area contributed by atoms with E-state index in [1.807, 2.05) is 75.7 Å². The van der Waals surface area contributed by atoms with Crippen LogP contribution in [0.2, 0.25) is 0 Å². The molecule has 7 heteroatoms. The Morgan fingerprint density at radius 1 is 1.00 bits per heavy atom. The van der Waals surface area contributed by atoms with E-state index in [-0.39, 0.29) is 11.8 Å². The molecular weight excluding hydrogens is 492 g/mol. The molecule has 0 saturated carbocycles. The molecule has 39 heavy (non-hydrogen) atoms. The van der Waals surface area contributed by atoms with Gasteiger partial charge in [-0.05, 0) is 67.1 Å². The smallest absolute Gasteiger partial charge is 0.311 e. The summed E-state index contributed by atoms with van der Waals surface area (Å²) < 4.78 is 13.3. The minimum absolute atomic E-state index is 0.0425. The van der Waals surface area contributed by atoms with E-state index in [4.69, 9.17) is 9.47 Å². The van der Waals surface area contributed by atoms with Crippen molar-refractivity contribution in [3.63, 3.8) is 0 Å². The normalized spacial score (nSPS) is 12.4. The molecule has 0 radical (unpaired) electrons. The average molecular weight is 535 g/mol. The fraction of sp³-hybridized carbons (Fsp3) is 0.438. The second-order valence-electron chi connectivity index (χ2n) is 11.5. The van der Waals surface area contributed by atoms with Crippen LogP contribution < -0.4 is 14.4 Å². The number of nitrogens with zero attached hydrogens (tertiary/aromatic N) is 2. The van der Waals surface area contributed by atoms with Crippen molar-refractivity contribution in [2.24, 2.45) is 11.3 Å². The van der Waals surface area contributed by atoms with Gasteiger partial charge >= 0.3 is 5.97 Å². The molecule has 3 aromatic rings. The first-order valence-electron chi connectivity index (χ1n) is 13.3. The maximum atomic E-state index is 13.5. The standard InChI is InChI=1S/C32H42N2O5/c1-20(2)18-34(31(37)32(5,6)7)27-16-23(14-15-29(27)39-9)25(30(35)36)17-24-21(3)19-33(22(24)4)26-12-10-11-13-28(26)38-8/h10-16,19-20,25H,17-18H2,1-9H3,(H,35,36). The first-order chi connectivity index (χ1) is 18.3. The second kappa shape index (κ2) is 12.0. The zero-order valence-electron chi connectivity index (χ0n) is 24.7. The number of methoxy groups -OCH3 is 2. The highest BCUT2D eigenvalue weighted by molar-refractivity contribution is 5.98. The summed E-state index contributed by atoms with van der Waals surface area (Å²) in [6, 6.07) is 13.1. The number of para-hydroxylation sites is 2. The lowest BCUT2D eigenvalue weighted by Crippen LogP contribution is -2.42. The summed E-state index contributed by atoms with van der Waals surface area (Å²) in [6.45, 7) is 14.3. The van der Waals surface area contributed by atoms with Crippen LogP contribution in [0, 0.1) is 25.2 Å². The lowest BCUT2D eigenvalue weighted by molar-refractivity contribution is -0.138. The third-order valence-electron chi connectivity index (χ3n) is 6.98. The van der Waals surface area contributed by atoms with Crippen LogP contribution in [0.4, 0.5) is 5.69 Å². The number of benzene rings is 2. The van der Waals surface area contributed by atoms with Crippen LogP contribution in [0.15, 0.2) is 48.7 Å². The van der Waals surface area contributed by atoms with Crippen molar-refractivity contribution in [2.75, 3.05) is 25.7 Å². The molecule has 1 atom stereocenters. The summed E-state index contributed by atoms with van der Waals surface area (Å²) in [6.07, 6.45) is 2.32. The fourth-order valence-corrected chi connectivity index (χ4v) is 4.93. The van der Waals surface area contributed by atoms with Crippen molar-refractivity contribution >= 4 is 17.6 Å². The Kier molecular flexibility index (Phi) is 9.15. The monoisotopic (exact) mass is 534 g/mol. The topological polar surface area (TPSA) is 81.0 Å². The molecule has 0 spiro atoms. The molecule has 3 rings (SSSR count). The Morgan fingerprint density at radius 2 is 1.64 bits per heavy atom. The maximum Gasteiger partial charge on any atom is 0.311 e. The molecule has 1 N–H and O–H groups in total. The quantitative estimate of drug-likeness (QED) is 0.319. The molecule has 0 aliphatic heterocycles. The van der Waals surface area contributed by atoms with E-state index in [1.165, 1.54) is 0 Å². The van der Waals surface area contributed by atoms with Gasteiger partial charge in [0.2, 0.25) is 5.91 Å². The highest BCUT2D eigenvalue weighted by atomic mass is 16.5. The van der Waals surface area contributed by atoms with Crippen molar-refractivity contribution in [1.82, 2.24) is 4.57 Å². The van der Waals surface area contributed by atoms with E-state index in [2.05, 4.69) is 13.8 Å². The predicted octanol–water partition coefficient (Wildman–Crippen LogP) is 6.56. The molecule has 1 aromatic heterocycles. The zero-order chi connectivity index (χ0) is 29.1. The Morgan fingerprint density at radius 3 is 2.21 bits per heavy atom. The van der Waals surface area contributed by atoms with Gasteiger partial charge in [-0.1, -0.05) is 52.8 Å². The lowest BCUT2D eigenvalue weighted by Gasteiger charge is -2.32. The molecule has 0 aliphatic carbocycles. The van der Waals surface area contributed by atoms with Crippen molar-refractivity contribution in [2.45, 2.75) is 60.8 Å². The SMILES string of the molecule is COc1ccc(C(Cc2c(C)cn(-c3ccccc3OC)c2C)C(=O)O)cc1N(CC(C)C)C(=O)C(C)(C)C. The van der Waals surface area contributed by atoms with Crippen LogP contribution in [0.25, 0.3) is 5.69 Å². The van der Waals surface area contributed by atoms with E-state index < -0.39 is 17.3 Å². The van der Waals surface area contributed by atoms with Crippen molar-refractivity contribution < 1.29 is 24.2 Å². The largest absolute Gasteiger partial charge is 0.495 e. The molecule has 1 heterocycles. The minimum Gasteiger partial charge on any atom is -0.495 e. The van der Waals surface area contributed by atoms with Crippen molar-refractivity contribution in [3.8, 4) is 17.2 Å². The molecule has 0 saturated heterocycles. The Labute approximate surface area is 232 Å². The Balaban J connectivity index is 2.09. The van der Waals surface area contributed by atoms with Crippen molar-refractivity contribution in [3.05, 3.63) is 71.0 Å². The number of amides is 1. The summed E-state index contributed by atoms with van der Waals surface area (Å²) in [5.74, 6) is -0.292. The summed E-state index contributed by atoms with van der Waals surface area (Å²) in [5.41, 5.74) is 4.43. The first-order valence-corrected chi connectivity index (χ1v) is 13.3. The molecule has 2 aromatic carbocycles. The first kappa shape index (κ1) is 29.8. The number of carboxylic acids is 1. The number of rotatable bonds is 10. The average Bonchev–Trinajstić information content (AvgIpc) is 3.16. The maximum absolute atomic E-state index is 13.5. The fourth-order valence-electron chi connectivity index (χ4n) is 4.93. The number of aliphatic carboxylic acids is 1. The number of carboxylic acid groups (broad SMARTS) is 1. The summed E-state index contributed by atoms with van der Waals surface area (Å²) in [7, 11) is 3.20. The molecule has 0 bridgehead atoms. The lowest BCUT2D eigenvalue weighted by atomic mass is 9.89. The number of ether oxygens (including phenoxy) is 2. The third-order valence-corrected chi connectivity index (χ3v) is 6.98. The van der Waals surface area contributed by atoms with Gasteiger partial charge in [0.25, 0.3) is 0 Å². The van der Waals surface area contributed by atoms with Crippen LogP contribution >= 0.6 is 0 Å². The van der Waals surface area contributed by atoms with Gasteiger partial charge in [-0.3, -0.25) is 9.59 Å². The number of carbonyl (C=O) groups is 2. The number of hydrogen-bond donors (Lipinski definition) is 1. The highest BCUT2D eigenvalue weighted by Crippen LogP contribution is 2.37. The Hall–Kier alpha value is -3.74. The minimum atomic E-state index is -0.924. The molecule has 0 fully saturated rings. The Bertz CT molecular complexity index is 1330. The molecule has 210 valence electrons. The summed E-state index contributed by atoms with van der Waals surface area (Å²) in [4.78, 5) is 27.9. The van der Waals surface area contributed by atoms with E-state index in [0.717, 1.165) is 28.3 Å². The van der Waals surface area contributed by atoms with Crippen LogP contribution in [0.1, 0.15) is 62.9 Å². The predicted molar refractivity (Wildman–Crippen MR) is 156 cm³/mol. The molecular formula is C32H42N2O5. The van der Waals surface area contributed by atoms with Crippen LogP contribution in [-0.2, 0) is 16.0 Å². The van der Waals surface area contributed by atoms with Crippen LogP contribution in [-0.4, -0.2) is 42.3 Å². The van der Waals surface area contributed by atoms with Gasteiger partial charge in [0.05, 0.1) is 31.5 Å². The molecule has 1 amide bonds. The number of aromatic nitrogens is 1. The van der Waals surface area contributed by atoms with Crippen LogP contribution in [0.5, 0.6) is 11.5 Å². The number of anilines is 1. The number of aryl methyl sites for hydroxylation is 1. The molecule has 7 nitrogen and oxygen atoms in total. The van der Waals surface area contributed by atoms with E-state index in [0.29, 0.717) is 30.0 Å². The zero-order valence-corrected chi connectivity index (χ0v) is 24.7. The second-order valence-corrected chi connectivity index (χ2v) is 11.5. The van der Waals surface area contributed by atoms with Gasteiger partial charge < -0.3 is 24.0 Å².